The monoisotopic (exact) mass is 387 g/mol. The number of nitrogens with zero attached hydrogens (tertiary/aromatic N) is 2. The summed E-state index contributed by atoms with van der Waals surface area (Å²) in [4.78, 5) is 15.1. The average molecular weight is 388 g/mol. The fourth-order valence-corrected chi connectivity index (χ4v) is 6.12. The number of carbonyl (C=O) groups excluding carboxylic acids is 1. The molecule has 0 aliphatic carbocycles. The summed E-state index contributed by atoms with van der Waals surface area (Å²) in [6.45, 7) is 12.4. The highest BCUT2D eigenvalue weighted by Gasteiger charge is 2.32. The molecule has 26 heavy (non-hydrogen) atoms. The third kappa shape index (κ3) is 6.20. The van der Waals surface area contributed by atoms with Gasteiger partial charge in [-0.3, -0.25) is 4.79 Å². The van der Waals surface area contributed by atoms with E-state index in [1.165, 1.54) is 10.7 Å². The van der Waals surface area contributed by atoms with Crippen molar-refractivity contribution in [3.05, 3.63) is 0 Å². The number of nitrogens with one attached hydrogen (secondary N) is 1. The molecule has 0 saturated carbocycles. The van der Waals surface area contributed by atoms with Gasteiger partial charge in [-0.2, -0.15) is 0 Å². The van der Waals surface area contributed by atoms with Gasteiger partial charge >= 0.3 is 0 Å². The maximum absolute atomic E-state index is 12.7. The van der Waals surface area contributed by atoms with Crippen LogP contribution in [0.25, 0.3) is 0 Å². The number of hydrogen-bond donors (Lipinski definition) is 1. The molecular weight excluding hydrogens is 350 g/mol. The van der Waals surface area contributed by atoms with Crippen molar-refractivity contribution in [3.8, 4) is 0 Å². The minimum Gasteiger partial charge on any atom is -0.352 e. The van der Waals surface area contributed by atoms with Crippen molar-refractivity contribution in [1.29, 1.82) is 0 Å². The third-order valence-corrected chi connectivity index (χ3v) is 7.52. The maximum atomic E-state index is 12.7. The van der Waals surface area contributed by atoms with Gasteiger partial charge in [0.2, 0.25) is 15.9 Å². The molecule has 7 heteroatoms. The first-order chi connectivity index (χ1) is 12.2. The van der Waals surface area contributed by atoms with Crippen LogP contribution in [-0.2, 0) is 14.8 Å². The SMILES string of the molecule is CCCS(=O)(=O)N1CCCC(C(=O)NC(C)CN2CC(C)CC(C)C2)C1. The van der Waals surface area contributed by atoms with E-state index in [1.54, 1.807) is 0 Å². The molecule has 2 heterocycles. The average Bonchev–Trinajstić information content (AvgIpc) is 2.53. The molecule has 0 radical (unpaired) electrons. The van der Waals surface area contributed by atoms with Gasteiger partial charge < -0.3 is 10.2 Å². The van der Waals surface area contributed by atoms with Crippen LogP contribution in [0.3, 0.4) is 0 Å². The first-order valence-corrected chi connectivity index (χ1v) is 11.8. The Morgan fingerprint density at radius 2 is 1.85 bits per heavy atom. The lowest BCUT2D eigenvalue weighted by atomic mass is 9.91. The summed E-state index contributed by atoms with van der Waals surface area (Å²) in [5.41, 5.74) is 0. The molecule has 0 aromatic heterocycles. The zero-order chi connectivity index (χ0) is 19.3. The van der Waals surface area contributed by atoms with Gasteiger partial charge in [-0.05, 0) is 44.4 Å². The number of rotatable bonds is 7. The largest absolute Gasteiger partial charge is 0.352 e. The molecule has 4 atom stereocenters. The second-order valence-corrected chi connectivity index (χ2v) is 10.7. The summed E-state index contributed by atoms with van der Waals surface area (Å²) in [5.74, 6) is 1.36. The predicted molar refractivity (Wildman–Crippen MR) is 105 cm³/mol. The number of carbonyl (C=O) groups is 1. The molecule has 6 nitrogen and oxygen atoms in total. The molecule has 2 rings (SSSR count). The number of amides is 1. The summed E-state index contributed by atoms with van der Waals surface area (Å²) in [6.07, 6.45) is 3.42. The van der Waals surface area contributed by atoms with Gasteiger partial charge in [-0.1, -0.05) is 20.8 Å². The number of piperidine rings is 2. The number of likely N-dealkylation sites (tertiary alicyclic amines) is 1. The fraction of sp³-hybridized carbons (Fsp3) is 0.947. The minimum absolute atomic E-state index is 0.00649. The molecule has 2 fully saturated rings. The zero-order valence-corrected chi connectivity index (χ0v) is 17.7. The summed E-state index contributed by atoms with van der Waals surface area (Å²) < 4.78 is 26.1. The smallest absolute Gasteiger partial charge is 0.224 e. The summed E-state index contributed by atoms with van der Waals surface area (Å²) >= 11 is 0. The van der Waals surface area contributed by atoms with Crippen molar-refractivity contribution >= 4 is 15.9 Å². The Kier molecular flexibility index (Phi) is 7.91. The van der Waals surface area contributed by atoms with Crippen LogP contribution in [0.4, 0.5) is 0 Å². The van der Waals surface area contributed by atoms with Crippen LogP contribution in [0.15, 0.2) is 0 Å². The summed E-state index contributed by atoms with van der Waals surface area (Å²) in [7, 11) is -3.22. The van der Waals surface area contributed by atoms with Gasteiger partial charge in [0.25, 0.3) is 0 Å². The van der Waals surface area contributed by atoms with E-state index >= 15 is 0 Å². The molecule has 1 amide bonds. The van der Waals surface area contributed by atoms with E-state index in [0.29, 0.717) is 31.3 Å². The Morgan fingerprint density at radius 1 is 1.19 bits per heavy atom. The lowest BCUT2D eigenvalue weighted by Gasteiger charge is -2.37. The molecule has 0 spiro atoms. The zero-order valence-electron chi connectivity index (χ0n) is 16.9. The molecule has 1 N–H and O–H groups in total. The third-order valence-electron chi connectivity index (χ3n) is 5.48. The first kappa shape index (κ1) is 21.6. The van der Waals surface area contributed by atoms with Gasteiger partial charge in [0.15, 0.2) is 0 Å². The quantitative estimate of drug-likeness (QED) is 0.725. The van der Waals surface area contributed by atoms with Crippen molar-refractivity contribution in [2.24, 2.45) is 17.8 Å². The Morgan fingerprint density at radius 3 is 2.46 bits per heavy atom. The lowest BCUT2D eigenvalue weighted by Crippen LogP contribution is -2.51. The van der Waals surface area contributed by atoms with Crippen molar-refractivity contribution in [2.75, 3.05) is 38.5 Å². The minimum atomic E-state index is -3.22. The molecule has 0 aromatic rings. The molecule has 0 aromatic carbocycles. The van der Waals surface area contributed by atoms with Gasteiger partial charge in [0, 0.05) is 38.8 Å². The number of hydrogen-bond acceptors (Lipinski definition) is 4. The Balaban J connectivity index is 1.84. The number of sulfonamides is 1. The molecule has 2 aliphatic rings. The van der Waals surface area contributed by atoms with Gasteiger partial charge in [0.05, 0.1) is 11.7 Å². The molecule has 2 saturated heterocycles. The Hall–Kier alpha value is -0.660. The molecule has 152 valence electrons. The van der Waals surface area contributed by atoms with E-state index in [2.05, 4.69) is 31.0 Å². The van der Waals surface area contributed by atoms with E-state index in [0.717, 1.165) is 32.5 Å². The van der Waals surface area contributed by atoms with Crippen LogP contribution in [0.2, 0.25) is 0 Å². The van der Waals surface area contributed by atoms with E-state index in [4.69, 9.17) is 0 Å². The molecule has 0 bridgehead atoms. The van der Waals surface area contributed by atoms with E-state index < -0.39 is 10.0 Å². The molecule has 4 unspecified atom stereocenters. The Bertz CT molecular complexity index is 556. The predicted octanol–water partition coefficient (Wildman–Crippen LogP) is 1.92. The molecular formula is C19H37N3O3S. The lowest BCUT2D eigenvalue weighted by molar-refractivity contribution is -0.126. The Labute approximate surface area is 159 Å². The summed E-state index contributed by atoms with van der Waals surface area (Å²) in [5, 5.41) is 3.13. The van der Waals surface area contributed by atoms with Gasteiger partial charge in [0.1, 0.15) is 0 Å². The van der Waals surface area contributed by atoms with Gasteiger partial charge in [-0.15, -0.1) is 0 Å². The fourth-order valence-electron chi connectivity index (χ4n) is 4.53. The summed E-state index contributed by atoms with van der Waals surface area (Å²) in [6, 6.07) is 0.0858. The highest BCUT2D eigenvalue weighted by Crippen LogP contribution is 2.22. The van der Waals surface area contributed by atoms with Crippen LogP contribution in [-0.4, -0.2) is 68.0 Å². The topological polar surface area (TPSA) is 69.7 Å². The van der Waals surface area contributed by atoms with E-state index in [9.17, 15) is 13.2 Å². The second kappa shape index (κ2) is 9.51. The van der Waals surface area contributed by atoms with Crippen molar-refractivity contribution in [2.45, 2.75) is 59.4 Å². The van der Waals surface area contributed by atoms with Crippen molar-refractivity contribution < 1.29 is 13.2 Å². The molecule has 2 aliphatic heterocycles. The van der Waals surface area contributed by atoms with Crippen LogP contribution < -0.4 is 5.32 Å². The normalized spacial score (nSPS) is 30.1. The van der Waals surface area contributed by atoms with Gasteiger partial charge in [-0.25, -0.2) is 12.7 Å². The van der Waals surface area contributed by atoms with E-state index in [1.807, 2.05) is 6.92 Å². The highest BCUT2D eigenvalue weighted by atomic mass is 32.2. The highest BCUT2D eigenvalue weighted by molar-refractivity contribution is 7.89. The van der Waals surface area contributed by atoms with Crippen LogP contribution in [0.5, 0.6) is 0 Å². The van der Waals surface area contributed by atoms with Crippen molar-refractivity contribution in [1.82, 2.24) is 14.5 Å². The van der Waals surface area contributed by atoms with Crippen molar-refractivity contribution in [3.63, 3.8) is 0 Å². The van der Waals surface area contributed by atoms with E-state index in [-0.39, 0.29) is 23.6 Å². The maximum Gasteiger partial charge on any atom is 0.224 e. The second-order valence-electron chi connectivity index (χ2n) is 8.59. The van der Waals surface area contributed by atoms with Crippen LogP contribution in [0, 0.1) is 17.8 Å². The van der Waals surface area contributed by atoms with Crippen LogP contribution >= 0.6 is 0 Å². The van der Waals surface area contributed by atoms with Crippen LogP contribution in [0.1, 0.15) is 53.4 Å². The standard InChI is InChI=1S/C19H37N3O3S/c1-5-9-26(24,25)22-8-6-7-18(14-22)19(23)20-17(4)13-21-11-15(2)10-16(3)12-21/h15-18H,5-14H2,1-4H3,(H,20,23). The first-order valence-electron chi connectivity index (χ1n) is 10.2.